The highest BCUT2D eigenvalue weighted by molar-refractivity contribution is 7.47. The molecular weight excluding hydrogens is 628 g/mol. The summed E-state index contributed by atoms with van der Waals surface area (Å²) in [6, 6.07) is 0.952. The molecule has 236 valence electrons. The maximum absolute atomic E-state index is 12.9. The van der Waals surface area contributed by atoms with Crippen LogP contribution in [0, 0.1) is 0 Å². The SMILES string of the molecule is Nc1ncnc2c1ncn2[C@@H]1O[C@H](COP(=O)(O)O[C@H]2[C@@H](O)[C@H](n3ccc(=O)[nH]c3=O)O[C@@H]2CO)[C@@H](OP(=O)(O)O)[C@H]1O. The molecule has 0 spiro atoms. The molecule has 2 aliphatic rings. The molecule has 24 heteroatoms. The molecular formula is C19H25N7O15P2. The summed E-state index contributed by atoms with van der Waals surface area (Å²) in [7, 11) is -10.5. The van der Waals surface area contributed by atoms with Gasteiger partial charge in [0.25, 0.3) is 5.56 Å². The first-order valence-corrected chi connectivity index (χ1v) is 15.1. The number of hydrogen-bond acceptors (Lipinski definition) is 16. The van der Waals surface area contributed by atoms with Crippen LogP contribution in [0.15, 0.2) is 34.5 Å². The third-order valence-electron chi connectivity index (χ3n) is 6.50. The Kier molecular flexibility index (Phi) is 8.68. The number of H-pyrrole nitrogens is 1. The summed E-state index contributed by atoms with van der Waals surface area (Å²) in [5, 5.41) is 31.2. The molecule has 0 aliphatic carbocycles. The van der Waals surface area contributed by atoms with E-state index in [2.05, 4.69) is 19.5 Å². The molecule has 0 aromatic carbocycles. The van der Waals surface area contributed by atoms with Crippen LogP contribution in [-0.2, 0) is 32.2 Å². The molecule has 0 bridgehead atoms. The molecule has 3 aromatic rings. The molecule has 9 atom stereocenters. The summed E-state index contributed by atoms with van der Waals surface area (Å²) < 4.78 is 52.1. The third kappa shape index (κ3) is 6.47. The number of rotatable bonds is 10. The second-order valence-electron chi connectivity index (χ2n) is 9.29. The first-order chi connectivity index (χ1) is 20.2. The molecule has 5 heterocycles. The van der Waals surface area contributed by atoms with Gasteiger partial charge in [-0.2, -0.15) is 0 Å². The van der Waals surface area contributed by atoms with Gasteiger partial charge in [0.15, 0.2) is 23.9 Å². The maximum atomic E-state index is 12.9. The van der Waals surface area contributed by atoms with Gasteiger partial charge in [0.2, 0.25) is 0 Å². The highest BCUT2D eigenvalue weighted by Gasteiger charge is 2.51. The van der Waals surface area contributed by atoms with Crippen LogP contribution in [0.2, 0.25) is 0 Å². The number of nitrogens with zero attached hydrogens (tertiary/aromatic N) is 5. The Morgan fingerprint density at radius 2 is 1.63 bits per heavy atom. The molecule has 0 amide bonds. The van der Waals surface area contributed by atoms with Crippen LogP contribution in [0.25, 0.3) is 11.2 Å². The van der Waals surface area contributed by atoms with Gasteiger partial charge in [-0.25, -0.2) is 28.9 Å². The van der Waals surface area contributed by atoms with Crippen molar-refractivity contribution in [2.75, 3.05) is 18.9 Å². The van der Waals surface area contributed by atoms with Crippen molar-refractivity contribution in [3.8, 4) is 0 Å². The lowest BCUT2D eigenvalue weighted by molar-refractivity contribution is -0.0593. The number of aromatic amines is 1. The predicted molar refractivity (Wildman–Crippen MR) is 136 cm³/mol. The average molecular weight is 653 g/mol. The first kappa shape index (κ1) is 31.5. The molecule has 2 saturated heterocycles. The van der Waals surface area contributed by atoms with Gasteiger partial charge in [0.05, 0.1) is 19.5 Å². The molecule has 2 aliphatic heterocycles. The molecule has 1 unspecified atom stereocenters. The van der Waals surface area contributed by atoms with Gasteiger partial charge >= 0.3 is 21.3 Å². The number of phosphoric acid groups is 2. The number of nitrogens with two attached hydrogens (primary N) is 1. The molecule has 22 nitrogen and oxygen atoms in total. The van der Waals surface area contributed by atoms with E-state index in [1.165, 1.54) is 4.57 Å². The van der Waals surface area contributed by atoms with E-state index in [1.807, 2.05) is 4.98 Å². The standard InChI is InChI=1S/C19H25N7O15P2/c20-15-10-16(22-5-21-15)26(6-23-10)18-12(30)14(40-42(32,33)34)8(39-18)4-37-43(35,36)41-13-7(3-27)38-17(11(13)29)25-2-1-9(28)24-19(25)31/h1-2,5-8,11-14,17-18,27,29-30H,3-4H2,(H,35,36)(H2,20,21,22)(H,24,28,31)(H2,32,33,34)/t7-,8-,11-,12-,13-,14-,17-,18-/m1/s1. The van der Waals surface area contributed by atoms with Crippen molar-refractivity contribution in [3.63, 3.8) is 0 Å². The Balaban J connectivity index is 1.33. The fourth-order valence-corrected chi connectivity index (χ4v) is 6.18. The van der Waals surface area contributed by atoms with E-state index >= 15 is 0 Å². The van der Waals surface area contributed by atoms with Crippen molar-refractivity contribution < 1.29 is 62.2 Å². The van der Waals surface area contributed by atoms with E-state index in [0.29, 0.717) is 0 Å². The van der Waals surface area contributed by atoms with Gasteiger partial charge in [0, 0.05) is 12.3 Å². The number of aliphatic hydroxyl groups is 3. The Bertz CT molecular complexity index is 1690. The van der Waals surface area contributed by atoms with Gasteiger partial charge in [-0.3, -0.25) is 32.5 Å². The highest BCUT2D eigenvalue weighted by Crippen LogP contribution is 2.50. The second kappa shape index (κ2) is 11.9. The minimum absolute atomic E-state index is 0.00978. The Morgan fingerprint density at radius 1 is 0.977 bits per heavy atom. The number of aliphatic hydroxyl groups excluding tert-OH is 3. The number of hydrogen-bond donors (Lipinski definition) is 8. The number of aromatic nitrogens is 6. The number of fused-ring (bicyclic) bond motifs is 1. The Morgan fingerprint density at radius 3 is 2.28 bits per heavy atom. The second-order valence-corrected chi connectivity index (χ2v) is 11.9. The van der Waals surface area contributed by atoms with E-state index in [4.69, 9.17) is 24.3 Å². The van der Waals surface area contributed by atoms with Gasteiger partial charge in [-0.15, -0.1) is 0 Å². The summed E-state index contributed by atoms with van der Waals surface area (Å²) in [4.78, 5) is 66.4. The van der Waals surface area contributed by atoms with Gasteiger partial charge in [-0.1, -0.05) is 0 Å². The van der Waals surface area contributed by atoms with Gasteiger partial charge in [0.1, 0.15) is 48.5 Å². The lowest BCUT2D eigenvalue weighted by atomic mass is 10.1. The van der Waals surface area contributed by atoms with E-state index in [9.17, 15) is 48.7 Å². The zero-order valence-electron chi connectivity index (χ0n) is 21.4. The number of nitrogens with one attached hydrogen (secondary N) is 1. The highest BCUT2D eigenvalue weighted by atomic mass is 31.2. The summed E-state index contributed by atoms with van der Waals surface area (Å²) in [5.74, 6) is -0.00978. The van der Waals surface area contributed by atoms with Gasteiger partial charge < -0.3 is 45.2 Å². The summed E-state index contributed by atoms with van der Waals surface area (Å²) in [6.45, 7) is -1.81. The van der Waals surface area contributed by atoms with E-state index < -0.39 is 89.2 Å². The quantitative estimate of drug-likeness (QED) is 0.0981. The van der Waals surface area contributed by atoms with Crippen LogP contribution < -0.4 is 17.0 Å². The van der Waals surface area contributed by atoms with Crippen LogP contribution >= 0.6 is 15.6 Å². The fourth-order valence-electron chi connectivity index (χ4n) is 4.63. The lowest BCUT2D eigenvalue weighted by Gasteiger charge is -2.24. The van der Waals surface area contributed by atoms with Crippen molar-refractivity contribution >= 4 is 32.6 Å². The Labute approximate surface area is 238 Å². The summed E-state index contributed by atoms with van der Waals surface area (Å²) >= 11 is 0. The predicted octanol–water partition coefficient (Wildman–Crippen LogP) is -3.55. The molecule has 2 fully saturated rings. The largest absolute Gasteiger partial charge is 0.472 e. The molecule has 9 N–H and O–H groups in total. The van der Waals surface area contributed by atoms with Crippen molar-refractivity contribution in [3.05, 3.63) is 45.8 Å². The minimum Gasteiger partial charge on any atom is -0.394 e. The third-order valence-corrected chi connectivity index (χ3v) is 8.00. The molecule has 43 heavy (non-hydrogen) atoms. The topological polar surface area (TPSA) is 326 Å². The molecule has 5 rings (SSSR count). The first-order valence-electron chi connectivity index (χ1n) is 12.1. The number of ether oxygens (including phenoxy) is 2. The minimum atomic E-state index is -5.26. The average Bonchev–Trinajstić information content (AvgIpc) is 3.57. The molecule has 0 radical (unpaired) electrons. The zero-order chi connectivity index (χ0) is 31.3. The number of imidazole rings is 1. The lowest BCUT2D eigenvalue weighted by Crippen LogP contribution is -2.39. The molecule has 0 saturated carbocycles. The van der Waals surface area contributed by atoms with Crippen LogP contribution in [0.3, 0.4) is 0 Å². The van der Waals surface area contributed by atoms with E-state index in [-0.39, 0.29) is 17.0 Å². The maximum Gasteiger partial charge on any atom is 0.472 e. The van der Waals surface area contributed by atoms with Crippen molar-refractivity contribution in [2.24, 2.45) is 0 Å². The van der Waals surface area contributed by atoms with Gasteiger partial charge in [-0.05, 0) is 0 Å². The Hall–Kier alpha value is -2.95. The number of phosphoric ester groups is 2. The van der Waals surface area contributed by atoms with Crippen LogP contribution in [0.1, 0.15) is 12.5 Å². The monoisotopic (exact) mass is 653 g/mol. The fraction of sp³-hybridized carbons (Fsp3) is 0.526. The number of anilines is 1. The van der Waals surface area contributed by atoms with E-state index in [1.54, 1.807) is 0 Å². The molecule has 3 aromatic heterocycles. The van der Waals surface area contributed by atoms with Crippen LogP contribution in [0.5, 0.6) is 0 Å². The van der Waals surface area contributed by atoms with Crippen LogP contribution in [-0.4, -0.2) is 109 Å². The smallest absolute Gasteiger partial charge is 0.394 e. The normalized spacial score (nSPS) is 31.0. The number of nitrogen functional groups attached to an aromatic ring is 1. The van der Waals surface area contributed by atoms with Crippen molar-refractivity contribution in [1.82, 2.24) is 29.1 Å². The van der Waals surface area contributed by atoms with Crippen molar-refractivity contribution in [2.45, 2.75) is 49.1 Å². The van der Waals surface area contributed by atoms with E-state index in [0.717, 1.165) is 29.5 Å². The van der Waals surface area contributed by atoms with Crippen LogP contribution in [0.4, 0.5) is 5.82 Å². The summed E-state index contributed by atoms with van der Waals surface area (Å²) in [6.07, 6.45) is -10.1. The summed E-state index contributed by atoms with van der Waals surface area (Å²) in [5.41, 5.74) is 4.23. The van der Waals surface area contributed by atoms with Crippen molar-refractivity contribution in [1.29, 1.82) is 0 Å². The zero-order valence-corrected chi connectivity index (χ0v) is 23.2.